The molecule has 0 atom stereocenters. The van der Waals surface area contributed by atoms with Gasteiger partial charge >= 0.3 is 18.3 Å². The average molecular weight is 504 g/mol. The molecule has 0 aliphatic rings. The minimum Gasteiger partial charge on any atom is -0.481 e. The SMILES string of the molecule is Cc1nc(-c2ccc(C(F)(F)F)cc2)sc1CN(C)c1ccc(OCC(=O)O)c(C(F)(F)F)c1. The average Bonchev–Trinajstić information content (AvgIpc) is 3.11. The van der Waals surface area contributed by atoms with Gasteiger partial charge in [-0.2, -0.15) is 26.3 Å². The molecule has 1 heterocycles. The summed E-state index contributed by atoms with van der Waals surface area (Å²) < 4.78 is 83.5. The van der Waals surface area contributed by atoms with Crippen LogP contribution >= 0.6 is 11.3 Å². The highest BCUT2D eigenvalue weighted by atomic mass is 32.1. The molecule has 1 aromatic heterocycles. The van der Waals surface area contributed by atoms with Crippen molar-refractivity contribution in [1.82, 2.24) is 4.98 Å². The number of benzene rings is 2. The zero-order valence-corrected chi connectivity index (χ0v) is 18.6. The third kappa shape index (κ3) is 5.99. The zero-order chi connectivity index (χ0) is 25.3. The maximum absolute atomic E-state index is 13.5. The topological polar surface area (TPSA) is 62.7 Å². The molecule has 34 heavy (non-hydrogen) atoms. The maximum atomic E-state index is 13.5. The number of rotatable bonds is 7. The van der Waals surface area contributed by atoms with Gasteiger partial charge in [0.05, 0.1) is 23.4 Å². The number of carboxylic acids is 1. The summed E-state index contributed by atoms with van der Waals surface area (Å²) in [5.74, 6) is -2.00. The van der Waals surface area contributed by atoms with E-state index in [0.29, 0.717) is 16.3 Å². The number of halogens is 6. The molecule has 0 saturated carbocycles. The van der Waals surface area contributed by atoms with Gasteiger partial charge in [-0.15, -0.1) is 11.3 Å². The molecule has 3 aromatic rings. The molecular weight excluding hydrogens is 486 g/mol. The molecule has 0 unspecified atom stereocenters. The maximum Gasteiger partial charge on any atom is 0.420 e. The highest BCUT2D eigenvalue weighted by molar-refractivity contribution is 7.15. The number of nitrogens with zero attached hydrogens (tertiary/aromatic N) is 2. The Hall–Kier alpha value is -3.28. The van der Waals surface area contributed by atoms with E-state index in [0.717, 1.165) is 29.1 Å². The molecule has 0 amide bonds. The first-order valence-electron chi connectivity index (χ1n) is 9.66. The molecule has 12 heteroatoms. The highest BCUT2D eigenvalue weighted by Gasteiger charge is 2.35. The smallest absolute Gasteiger partial charge is 0.420 e. The first-order valence-corrected chi connectivity index (χ1v) is 10.5. The van der Waals surface area contributed by atoms with Crippen molar-refractivity contribution in [3.63, 3.8) is 0 Å². The van der Waals surface area contributed by atoms with Crippen molar-refractivity contribution >= 4 is 23.0 Å². The molecule has 0 radical (unpaired) electrons. The number of ether oxygens (including phenoxy) is 1. The lowest BCUT2D eigenvalue weighted by atomic mass is 10.1. The van der Waals surface area contributed by atoms with Crippen LogP contribution in [0.5, 0.6) is 5.75 Å². The molecule has 0 saturated heterocycles. The fourth-order valence-corrected chi connectivity index (χ4v) is 4.17. The number of hydrogen-bond donors (Lipinski definition) is 1. The lowest BCUT2D eigenvalue weighted by Gasteiger charge is -2.21. The second kappa shape index (κ2) is 9.53. The molecule has 0 aliphatic carbocycles. The van der Waals surface area contributed by atoms with E-state index in [-0.39, 0.29) is 12.2 Å². The van der Waals surface area contributed by atoms with Gasteiger partial charge in [-0.25, -0.2) is 9.78 Å². The molecule has 1 N–H and O–H groups in total. The van der Waals surface area contributed by atoms with Crippen LogP contribution in [0.25, 0.3) is 10.6 Å². The predicted octanol–water partition coefficient (Wildman–Crippen LogP) is 6.26. The Morgan fingerprint density at radius 2 is 1.71 bits per heavy atom. The third-order valence-corrected chi connectivity index (χ3v) is 5.98. The molecule has 5 nitrogen and oxygen atoms in total. The van der Waals surface area contributed by atoms with E-state index in [2.05, 4.69) is 4.98 Å². The van der Waals surface area contributed by atoms with Gasteiger partial charge in [0.1, 0.15) is 10.8 Å². The lowest BCUT2D eigenvalue weighted by Crippen LogP contribution is -2.18. The first kappa shape index (κ1) is 25.3. The van der Waals surface area contributed by atoms with Crippen molar-refractivity contribution in [3.05, 3.63) is 64.2 Å². The van der Waals surface area contributed by atoms with Gasteiger partial charge in [-0.3, -0.25) is 0 Å². The van der Waals surface area contributed by atoms with E-state index in [1.807, 2.05) is 0 Å². The molecule has 0 spiro atoms. The minimum atomic E-state index is -4.76. The van der Waals surface area contributed by atoms with E-state index < -0.39 is 41.8 Å². The number of carboxylic acid groups (broad SMARTS) is 1. The van der Waals surface area contributed by atoms with Crippen LogP contribution in [0.2, 0.25) is 0 Å². The van der Waals surface area contributed by atoms with E-state index in [4.69, 9.17) is 9.84 Å². The number of aryl methyl sites for hydroxylation is 1. The summed E-state index contributed by atoms with van der Waals surface area (Å²) in [5.41, 5.74) is -0.581. The molecule has 0 fully saturated rings. The summed E-state index contributed by atoms with van der Waals surface area (Å²) in [5, 5.41) is 9.15. The third-order valence-electron chi connectivity index (χ3n) is 4.79. The Kier molecular flexibility index (Phi) is 7.10. The summed E-state index contributed by atoms with van der Waals surface area (Å²) in [6.45, 7) is 0.985. The van der Waals surface area contributed by atoms with E-state index >= 15 is 0 Å². The quantitative estimate of drug-likeness (QED) is 0.385. The van der Waals surface area contributed by atoms with Gasteiger partial charge in [-0.05, 0) is 37.3 Å². The highest BCUT2D eigenvalue weighted by Crippen LogP contribution is 2.39. The number of aromatic nitrogens is 1. The Morgan fingerprint density at radius 3 is 2.26 bits per heavy atom. The van der Waals surface area contributed by atoms with Crippen LogP contribution in [0.15, 0.2) is 42.5 Å². The second-order valence-corrected chi connectivity index (χ2v) is 8.40. The van der Waals surface area contributed by atoms with Gasteiger partial charge in [0.15, 0.2) is 6.61 Å². The number of alkyl halides is 6. The van der Waals surface area contributed by atoms with Crippen molar-refractivity contribution in [2.45, 2.75) is 25.8 Å². The summed E-state index contributed by atoms with van der Waals surface area (Å²) in [7, 11) is 1.57. The van der Waals surface area contributed by atoms with E-state index in [9.17, 15) is 31.1 Å². The van der Waals surface area contributed by atoms with Crippen LogP contribution in [0.3, 0.4) is 0 Å². The largest absolute Gasteiger partial charge is 0.481 e. The number of aliphatic carboxylic acids is 1. The molecule has 2 aromatic carbocycles. The van der Waals surface area contributed by atoms with Crippen LogP contribution in [0, 0.1) is 6.92 Å². The van der Waals surface area contributed by atoms with Crippen LogP contribution < -0.4 is 9.64 Å². The van der Waals surface area contributed by atoms with Crippen molar-refractivity contribution < 1.29 is 41.0 Å². The Labute approximate surface area is 194 Å². The van der Waals surface area contributed by atoms with Crippen LogP contribution in [-0.2, 0) is 23.7 Å². The van der Waals surface area contributed by atoms with Gasteiger partial charge in [0.25, 0.3) is 0 Å². The van der Waals surface area contributed by atoms with Crippen molar-refractivity contribution in [2.24, 2.45) is 0 Å². The Balaban J connectivity index is 1.82. The van der Waals surface area contributed by atoms with Crippen molar-refractivity contribution in [1.29, 1.82) is 0 Å². The zero-order valence-electron chi connectivity index (χ0n) is 17.8. The fourth-order valence-electron chi connectivity index (χ4n) is 3.05. The fraction of sp³-hybridized carbons (Fsp3) is 0.273. The summed E-state index contributed by atoms with van der Waals surface area (Å²) in [4.78, 5) is 17.3. The standard InChI is InChI=1S/C22H18F6N2O3S/c1-12-18(34-20(29-12)13-3-5-14(6-4-13)21(23,24)25)10-30(2)15-7-8-17(33-11-19(31)32)16(9-15)22(26,27)28/h3-9H,10-11H2,1-2H3,(H,31,32). The molecule has 0 bridgehead atoms. The summed E-state index contributed by atoms with van der Waals surface area (Å²) >= 11 is 1.23. The van der Waals surface area contributed by atoms with Crippen LogP contribution in [0.4, 0.5) is 32.0 Å². The Morgan fingerprint density at radius 1 is 1.06 bits per heavy atom. The minimum absolute atomic E-state index is 0.191. The lowest BCUT2D eigenvalue weighted by molar-refractivity contribution is -0.143. The van der Waals surface area contributed by atoms with Crippen LogP contribution in [0.1, 0.15) is 21.7 Å². The van der Waals surface area contributed by atoms with Gasteiger partial charge < -0.3 is 14.7 Å². The normalized spacial score (nSPS) is 12.0. The van der Waals surface area contributed by atoms with Crippen molar-refractivity contribution in [3.8, 4) is 16.3 Å². The number of anilines is 1. The van der Waals surface area contributed by atoms with Gasteiger partial charge in [-0.1, -0.05) is 12.1 Å². The predicted molar refractivity (Wildman–Crippen MR) is 114 cm³/mol. The van der Waals surface area contributed by atoms with Crippen molar-refractivity contribution in [2.75, 3.05) is 18.6 Å². The molecular formula is C22H18F6N2O3S. The number of thiazole rings is 1. The molecule has 0 aliphatic heterocycles. The first-order chi connectivity index (χ1) is 15.8. The molecule has 3 rings (SSSR count). The Bertz CT molecular complexity index is 1170. The summed E-state index contributed by atoms with van der Waals surface area (Å²) in [6.07, 6.45) is -9.21. The molecule has 182 valence electrons. The number of hydrogen-bond acceptors (Lipinski definition) is 5. The van der Waals surface area contributed by atoms with Crippen LogP contribution in [-0.4, -0.2) is 29.7 Å². The second-order valence-electron chi connectivity index (χ2n) is 7.32. The van der Waals surface area contributed by atoms with E-state index in [1.54, 1.807) is 18.9 Å². The summed E-state index contributed by atoms with van der Waals surface area (Å²) in [6, 6.07) is 7.86. The van der Waals surface area contributed by atoms with Gasteiger partial charge in [0, 0.05) is 23.2 Å². The number of carbonyl (C=O) groups is 1. The van der Waals surface area contributed by atoms with Gasteiger partial charge in [0.2, 0.25) is 0 Å². The van der Waals surface area contributed by atoms with E-state index in [1.165, 1.54) is 29.5 Å². The monoisotopic (exact) mass is 504 g/mol.